The van der Waals surface area contributed by atoms with Gasteiger partial charge < -0.3 is 10.6 Å². The molecule has 0 spiro atoms. The lowest BCUT2D eigenvalue weighted by Crippen LogP contribution is -2.43. The summed E-state index contributed by atoms with van der Waals surface area (Å²) in [5.74, 6) is 0.723. The largest absolute Gasteiger partial charge is 0.416 e. The molecule has 0 aliphatic heterocycles. The van der Waals surface area contributed by atoms with Gasteiger partial charge in [-0.15, -0.1) is 24.0 Å². The quantitative estimate of drug-likeness (QED) is 0.325. The standard InChI is InChI=1S/C16H20F3N3.HI/c1-20-15(22-14-4-2-3-5-14)21-11-10-12-6-8-13(9-7-12)16(17,18)19;/h2-3,6-9,14H,4-5,10-11H2,1H3,(H2,20,21,22);1H. The Morgan fingerprint density at radius 3 is 2.30 bits per heavy atom. The summed E-state index contributed by atoms with van der Waals surface area (Å²) >= 11 is 0. The van der Waals surface area contributed by atoms with E-state index in [0.717, 1.165) is 36.5 Å². The highest BCUT2D eigenvalue weighted by Crippen LogP contribution is 2.29. The van der Waals surface area contributed by atoms with Crippen molar-refractivity contribution in [1.29, 1.82) is 0 Å². The molecule has 128 valence electrons. The highest BCUT2D eigenvalue weighted by Gasteiger charge is 2.29. The third-order valence-electron chi connectivity index (χ3n) is 3.56. The van der Waals surface area contributed by atoms with Gasteiger partial charge >= 0.3 is 6.18 Å². The Labute approximate surface area is 151 Å². The molecule has 0 amide bonds. The molecule has 0 unspecified atom stereocenters. The van der Waals surface area contributed by atoms with Gasteiger partial charge in [0.05, 0.1) is 5.56 Å². The molecule has 0 radical (unpaired) electrons. The van der Waals surface area contributed by atoms with Gasteiger partial charge in [0.2, 0.25) is 0 Å². The molecule has 2 N–H and O–H groups in total. The lowest BCUT2D eigenvalue weighted by molar-refractivity contribution is -0.137. The second-order valence-corrected chi connectivity index (χ2v) is 5.23. The van der Waals surface area contributed by atoms with Gasteiger partial charge in [-0.2, -0.15) is 13.2 Å². The Morgan fingerprint density at radius 1 is 1.17 bits per heavy atom. The highest BCUT2D eigenvalue weighted by molar-refractivity contribution is 14.0. The number of nitrogens with one attached hydrogen (secondary N) is 2. The molecule has 7 heteroatoms. The molecule has 0 bridgehead atoms. The van der Waals surface area contributed by atoms with Gasteiger partial charge in [0.25, 0.3) is 0 Å². The first-order valence-corrected chi connectivity index (χ1v) is 7.27. The average molecular weight is 439 g/mol. The summed E-state index contributed by atoms with van der Waals surface area (Å²) in [6.07, 6.45) is 2.60. The summed E-state index contributed by atoms with van der Waals surface area (Å²) < 4.78 is 37.4. The molecule has 0 heterocycles. The number of nitrogens with zero attached hydrogens (tertiary/aromatic N) is 1. The van der Waals surface area contributed by atoms with Gasteiger partial charge in [-0.05, 0) is 37.0 Å². The predicted molar refractivity (Wildman–Crippen MR) is 97.2 cm³/mol. The highest BCUT2D eigenvalue weighted by atomic mass is 127. The first-order chi connectivity index (χ1) is 10.5. The monoisotopic (exact) mass is 439 g/mol. The minimum Gasteiger partial charge on any atom is -0.356 e. The second kappa shape index (κ2) is 9.14. The molecule has 1 aliphatic rings. The van der Waals surface area contributed by atoms with Crippen molar-refractivity contribution in [1.82, 2.24) is 10.6 Å². The van der Waals surface area contributed by atoms with E-state index in [1.165, 1.54) is 12.1 Å². The lowest BCUT2D eigenvalue weighted by atomic mass is 10.1. The molecular weight excluding hydrogens is 418 g/mol. The van der Waals surface area contributed by atoms with Crippen LogP contribution in [-0.2, 0) is 12.6 Å². The third-order valence-corrected chi connectivity index (χ3v) is 3.56. The van der Waals surface area contributed by atoms with Crippen molar-refractivity contribution < 1.29 is 13.2 Å². The number of guanidine groups is 1. The molecule has 23 heavy (non-hydrogen) atoms. The fraction of sp³-hybridized carbons (Fsp3) is 0.438. The zero-order valence-electron chi connectivity index (χ0n) is 12.9. The van der Waals surface area contributed by atoms with E-state index in [0.29, 0.717) is 19.0 Å². The van der Waals surface area contributed by atoms with E-state index in [1.807, 2.05) is 0 Å². The van der Waals surface area contributed by atoms with Gasteiger partial charge in [0.1, 0.15) is 0 Å². The molecule has 1 aromatic carbocycles. The summed E-state index contributed by atoms with van der Waals surface area (Å²) in [5, 5.41) is 6.49. The van der Waals surface area contributed by atoms with Crippen molar-refractivity contribution >= 4 is 29.9 Å². The van der Waals surface area contributed by atoms with E-state index in [2.05, 4.69) is 27.8 Å². The van der Waals surface area contributed by atoms with Crippen LogP contribution in [0.5, 0.6) is 0 Å². The van der Waals surface area contributed by atoms with Crippen molar-refractivity contribution in [2.24, 2.45) is 4.99 Å². The van der Waals surface area contributed by atoms with E-state index >= 15 is 0 Å². The number of alkyl halides is 3. The molecule has 0 atom stereocenters. The number of rotatable bonds is 4. The Morgan fingerprint density at radius 2 is 1.78 bits per heavy atom. The summed E-state index contributed by atoms with van der Waals surface area (Å²) in [6.45, 7) is 0.616. The molecule has 0 aromatic heterocycles. The van der Waals surface area contributed by atoms with Crippen molar-refractivity contribution in [3.05, 3.63) is 47.5 Å². The SMILES string of the molecule is CN=C(NCCc1ccc(C(F)(F)F)cc1)NC1CC=CC1.I. The minimum absolute atomic E-state index is 0. The van der Waals surface area contributed by atoms with E-state index in [1.54, 1.807) is 7.05 Å². The normalized spacial score (nSPS) is 15.4. The van der Waals surface area contributed by atoms with Crippen LogP contribution in [-0.4, -0.2) is 25.6 Å². The Balaban J connectivity index is 0.00000264. The van der Waals surface area contributed by atoms with Gasteiger partial charge in [0.15, 0.2) is 5.96 Å². The van der Waals surface area contributed by atoms with E-state index in [4.69, 9.17) is 0 Å². The summed E-state index contributed by atoms with van der Waals surface area (Å²) in [4.78, 5) is 4.15. The smallest absolute Gasteiger partial charge is 0.356 e. The molecule has 1 aliphatic carbocycles. The van der Waals surface area contributed by atoms with Gasteiger partial charge in [-0.3, -0.25) is 4.99 Å². The average Bonchev–Trinajstić information content (AvgIpc) is 2.99. The summed E-state index contributed by atoms with van der Waals surface area (Å²) in [7, 11) is 1.70. The van der Waals surface area contributed by atoms with Crippen LogP contribution in [0.4, 0.5) is 13.2 Å². The van der Waals surface area contributed by atoms with Crippen LogP contribution < -0.4 is 10.6 Å². The van der Waals surface area contributed by atoms with Gasteiger partial charge in [0, 0.05) is 19.6 Å². The first kappa shape index (κ1) is 19.8. The van der Waals surface area contributed by atoms with Crippen LogP contribution in [0.1, 0.15) is 24.0 Å². The zero-order valence-corrected chi connectivity index (χ0v) is 15.2. The summed E-state index contributed by atoms with van der Waals surface area (Å²) in [6, 6.07) is 5.64. The molecule has 0 saturated carbocycles. The first-order valence-electron chi connectivity index (χ1n) is 7.27. The van der Waals surface area contributed by atoms with Crippen LogP contribution in [0.3, 0.4) is 0 Å². The van der Waals surface area contributed by atoms with Gasteiger partial charge in [-0.1, -0.05) is 24.3 Å². The molecule has 0 saturated heterocycles. The predicted octanol–water partition coefficient (Wildman–Crippen LogP) is 3.75. The fourth-order valence-corrected chi connectivity index (χ4v) is 2.31. The van der Waals surface area contributed by atoms with Crippen LogP contribution in [0.15, 0.2) is 41.4 Å². The Bertz CT molecular complexity index is 530. The Kier molecular flexibility index (Phi) is 7.87. The maximum absolute atomic E-state index is 12.5. The fourth-order valence-electron chi connectivity index (χ4n) is 2.31. The zero-order chi connectivity index (χ0) is 16.0. The van der Waals surface area contributed by atoms with Crippen molar-refractivity contribution in [2.75, 3.05) is 13.6 Å². The van der Waals surface area contributed by atoms with Gasteiger partial charge in [-0.25, -0.2) is 0 Å². The topological polar surface area (TPSA) is 36.4 Å². The van der Waals surface area contributed by atoms with Crippen LogP contribution >= 0.6 is 24.0 Å². The number of hydrogen-bond acceptors (Lipinski definition) is 1. The van der Waals surface area contributed by atoms with Crippen LogP contribution in [0.2, 0.25) is 0 Å². The number of benzene rings is 1. The number of hydrogen-bond donors (Lipinski definition) is 2. The van der Waals surface area contributed by atoms with Crippen LogP contribution in [0.25, 0.3) is 0 Å². The van der Waals surface area contributed by atoms with Crippen LogP contribution in [0, 0.1) is 0 Å². The van der Waals surface area contributed by atoms with Crippen molar-refractivity contribution in [2.45, 2.75) is 31.5 Å². The van der Waals surface area contributed by atoms with E-state index in [9.17, 15) is 13.2 Å². The maximum atomic E-state index is 12.5. The van der Waals surface area contributed by atoms with E-state index in [-0.39, 0.29) is 24.0 Å². The molecular formula is C16H21F3IN3. The Hall–Kier alpha value is -1.25. The number of aliphatic imine (C=N–C) groups is 1. The molecule has 2 rings (SSSR count). The minimum atomic E-state index is -4.28. The number of halogens is 4. The molecule has 1 aromatic rings. The maximum Gasteiger partial charge on any atom is 0.416 e. The van der Waals surface area contributed by atoms with Crippen molar-refractivity contribution in [3.63, 3.8) is 0 Å². The van der Waals surface area contributed by atoms with E-state index < -0.39 is 11.7 Å². The third kappa shape index (κ3) is 6.40. The lowest BCUT2D eigenvalue weighted by Gasteiger charge is -2.17. The van der Waals surface area contributed by atoms with Crippen molar-refractivity contribution in [3.8, 4) is 0 Å². The summed E-state index contributed by atoms with van der Waals surface area (Å²) in [5.41, 5.74) is 0.244. The molecule has 3 nitrogen and oxygen atoms in total. The molecule has 0 fully saturated rings. The second-order valence-electron chi connectivity index (χ2n) is 5.23.